The summed E-state index contributed by atoms with van der Waals surface area (Å²) in [6.07, 6.45) is 0.953. The van der Waals surface area contributed by atoms with Crippen LogP contribution in [0, 0.1) is 5.92 Å². The highest BCUT2D eigenvalue weighted by Crippen LogP contribution is 2.33. The van der Waals surface area contributed by atoms with Gasteiger partial charge in [-0.15, -0.1) is 8.78 Å². The predicted molar refractivity (Wildman–Crippen MR) is 74.1 cm³/mol. The molecular formula is C15H20F4N2O2. The fraction of sp³-hybridized carbons (Fsp3) is 0.733. The lowest BCUT2D eigenvalue weighted by molar-refractivity contribution is -0.420. The molecule has 0 atom stereocenters. The molecule has 1 aromatic rings. The topological polar surface area (TPSA) is 44.2 Å². The largest absolute Gasteiger partial charge is 0.485 e. The van der Waals surface area contributed by atoms with E-state index in [0.29, 0.717) is 6.42 Å². The molecule has 0 N–H and O–H groups in total. The third-order valence-corrected chi connectivity index (χ3v) is 3.65. The predicted octanol–water partition coefficient (Wildman–Crippen LogP) is 3.90. The molecule has 0 unspecified atom stereocenters. The van der Waals surface area contributed by atoms with Gasteiger partial charge in [0.05, 0.1) is 13.2 Å². The number of aryl methyl sites for hydroxylation is 1. The first-order valence-electron chi connectivity index (χ1n) is 7.67. The van der Waals surface area contributed by atoms with Gasteiger partial charge in [-0.25, -0.2) is 9.97 Å². The van der Waals surface area contributed by atoms with Gasteiger partial charge in [0.25, 0.3) is 0 Å². The normalized spacial score (nSPS) is 19.0. The zero-order chi connectivity index (χ0) is 16.9. The smallest absolute Gasteiger partial charge is 0.295 e. The fourth-order valence-electron chi connectivity index (χ4n) is 2.37. The highest BCUT2D eigenvalue weighted by Gasteiger charge is 2.39. The summed E-state index contributed by atoms with van der Waals surface area (Å²) < 4.78 is 61.7. The van der Waals surface area contributed by atoms with Crippen LogP contribution in [0.3, 0.4) is 0 Å². The SMILES string of the molecule is CCCc1cnc(C(F)(F)CCCC2COC(F)(F)OC2)nc1. The molecule has 1 aliphatic heterocycles. The lowest BCUT2D eigenvalue weighted by Crippen LogP contribution is -2.37. The molecule has 8 heteroatoms. The molecule has 130 valence electrons. The molecule has 2 heterocycles. The molecular weight excluding hydrogens is 316 g/mol. The van der Waals surface area contributed by atoms with Gasteiger partial charge in [-0.1, -0.05) is 13.3 Å². The van der Waals surface area contributed by atoms with E-state index in [-0.39, 0.29) is 25.6 Å². The van der Waals surface area contributed by atoms with E-state index in [9.17, 15) is 17.6 Å². The Morgan fingerprint density at radius 3 is 2.39 bits per heavy atom. The minimum atomic E-state index is -3.56. The quantitative estimate of drug-likeness (QED) is 0.708. The van der Waals surface area contributed by atoms with Gasteiger partial charge in [0.15, 0.2) is 5.82 Å². The van der Waals surface area contributed by atoms with E-state index < -0.39 is 24.5 Å². The Morgan fingerprint density at radius 2 is 1.83 bits per heavy atom. The number of hydrogen-bond acceptors (Lipinski definition) is 4. The minimum absolute atomic E-state index is 0.149. The molecule has 0 aliphatic carbocycles. The van der Waals surface area contributed by atoms with Crippen molar-refractivity contribution in [2.24, 2.45) is 5.92 Å². The van der Waals surface area contributed by atoms with Crippen LogP contribution < -0.4 is 0 Å². The van der Waals surface area contributed by atoms with Gasteiger partial charge in [0, 0.05) is 24.7 Å². The molecule has 0 aromatic carbocycles. The van der Waals surface area contributed by atoms with Crippen molar-refractivity contribution in [3.05, 3.63) is 23.8 Å². The van der Waals surface area contributed by atoms with E-state index in [4.69, 9.17) is 0 Å². The zero-order valence-corrected chi connectivity index (χ0v) is 12.9. The maximum absolute atomic E-state index is 14.0. The summed E-state index contributed by atoms with van der Waals surface area (Å²) in [5.41, 5.74) is 0.824. The molecule has 0 saturated carbocycles. The van der Waals surface area contributed by atoms with Crippen molar-refractivity contribution in [1.29, 1.82) is 0 Å². The Hall–Kier alpha value is -1.28. The molecule has 2 rings (SSSR count). The summed E-state index contributed by atoms with van der Waals surface area (Å²) in [6.45, 7) is 1.60. The van der Waals surface area contributed by atoms with Crippen molar-refractivity contribution >= 4 is 0 Å². The number of rotatable bonds is 7. The summed E-state index contributed by atoms with van der Waals surface area (Å²) in [4.78, 5) is 7.49. The molecule has 1 saturated heterocycles. The molecule has 1 fully saturated rings. The van der Waals surface area contributed by atoms with Gasteiger partial charge in [-0.05, 0) is 24.8 Å². The Kier molecular flexibility index (Phi) is 5.91. The van der Waals surface area contributed by atoms with Gasteiger partial charge in [-0.2, -0.15) is 8.78 Å². The third kappa shape index (κ3) is 5.39. The number of aromatic nitrogens is 2. The Bertz CT molecular complexity index is 487. The van der Waals surface area contributed by atoms with Gasteiger partial charge < -0.3 is 0 Å². The monoisotopic (exact) mass is 336 g/mol. The highest BCUT2D eigenvalue weighted by atomic mass is 19.3. The molecule has 0 bridgehead atoms. The van der Waals surface area contributed by atoms with Crippen molar-refractivity contribution < 1.29 is 27.0 Å². The molecule has 23 heavy (non-hydrogen) atoms. The van der Waals surface area contributed by atoms with Crippen LogP contribution in [0.1, 0.15) is 44.0 Å². The van der Waals surface area contributed by atoms with Gasteiger partial charge in [0.1, 0.15) is 0 Å². The van der Waals surface area contributed by atoms with E-state index in [2.05, 4.69) is 19.4 Å². The second-order valence-electron chi connectivity index (χ2n) is 5.71. The lowest BCUT2D eigenvalue weighted by atomic mass is 10.0. The average Bonchev–Trinajstić information content (AvgIpc) is 2.50. The molecule has 0 spiro atoms. The van der Waals surface area contributed by atoms with Crippen LogP contribution in [-0.2, 0) is 21.8 Å². The van der Waals surface area contributed by atoms with Crippen molar-refractivity contribution in [3.8, 4) is 0 Å². The zero-order valence-electron chi connectivity index (χ0n) is 12.9. The Labute approximate surface area is 132 Å². The van der Waals surface area contributed by atoms with Crippen LogP contribution in [0.5, 0.6) is 0 Å². The minimum Gasteiger partial charge on any atom is -0.295 e. The van der Waals surface area contributed by atoms with Crippen molar-refractivity contribution in [1.82, 2.24) is 9.97 Å². The van der Waals surface area contributed by atoms with Gasteiger partial charge in [0.2, 0.25) is 0 Å². The number of nitrogens with zero attached hydrogens (tertiary/aromatic N) is 2. The Balaban J connectivity index is 1.79. The van der Waals surface area contributed by atoms with Crippen LogP contribution in [0.4, 0.5) is 17.6 Å². The summed E-state index contributed by atoms with van der Waals surface area (Å²) in [5.74, 6) is -3.94. The van der Waals surface area contributed by atoms with Gasteiger partial charge >= 0.3 is 12.2 Å². The lowest BCUT2D eigenvalue weighted by Gasteiger charge is -2.28. The highest BCUT2D eigenvalue weighted by molar-refractivity contribution is 5.07. The standard InChI is InChI=1S/C15H20F4N2O2/c1-2-4-11-7-20-13(21-8-11)14(16,17)6-3-5-12-9-22-15(18,19)23-10-12/h7-8,12H,2-6,9-10H2,1H3. The second-order valence-corrected chi connectivity index (χ2v) is 5.71. The molecule has 0 amide bonds. The van der Waals surface area contributed by atoms with Crippen LogP contribution in [0.2, 0.25) is 0 Å². The molecule has 4 nitrogen and oxygen atoms in total. The maximum Gasteiger partial charge on any atom is 0.485 e. The first-order valence-corrected chi connectivity index (χ1v) is 7.67. The van der Waals surface area contributed by atoms with Crippen molar-refractivity contribution in [2.45, 2.75) is 51.2 Å². The van der Waals surface area contributed by atoms with Crippen LogP contribution in [0.15, 0.2) is 12.4 Å². The van der Waals surface area contributed by atoms with E-state index in [1.807, 2.05) is 6.92 Å². The number of ether oxygens (including phenoxy) is 2. The molecule has 0 radical (unpaired) electrons. The van der Waals surface area contributed by atoms with Crippen LogP contribution >= 0.6 is 0 Å². The molecule has 1 aromatic heterocycles. The van der Waals surface area contributed by atoms with Crippen LogP contribution in [-0.4, -0.2) is 29.5 Å². The number of alkyl halides is 4. The van der Waals surface area contributed by atoms with E-state index in [0.717, 1.165) is 18.4 Å². The molecule has 1 aliphatic rings. The van der Waals surface area contributed by atoms with Crippen molar-refractivity contribution in [2.75, 3.05) is 13.2 Å². The summed E-state index contributed by atoms with van der Waals surface area (Å²) >= 11 is 0. The van der Waals surface area contributed by atoms with Gasteiger partial charge in [-0.3, -0.25) is 9.47 Å². The fourth-order valence-corrected chi connectivity index (χ4v) is 2.37. The van der Waals surface area contributed by atoms with Crippen LogP contribution in [0.25, 0.3) is 0 Å². The summed E-state index contributed by atoms with van der Waals surface area (Å²) in [7, 11) is 0. The van der Waals surface area contributed by atoms with Crippen molar-refractivity contribution in [3.63, 3.8) is 0 Å². The Morgan fingerprint density at radius 1 is 1.22 bits per heavy atom. The number of halogens is 4. The average molecular weight is 336 g/mol. The first-order chi connectivity index (χ1) is 10.8. The van der Waals surface area contributed by atoms with E-state index >= 15 is 0 Å². The van der Waals surface area contributed by atoms with E-state index in [1.54, 1.807) is 0 Å². The summed E-state index contributed by atoms with van der Waals surface area (Å²) in [6, 6.07) is 0. The third-order valence-electron chi connectivity index (χ3n) is 3.65. The second kappa shape index (κ2) is 7.53. The first kappa shape index (κ1) is 18.1. The number of hydrogen-bond donors (Lipinski definition) is 0. The summed E-state index contributed by atoms with van der Waals surface area (Å²) in [5, 5.41) is 0. The maximum atomic E-state index is 14.0. The van der Waals surface area contributed by atoms with E-state index in [1.165, 1.54) is 12.4 Å².